The van der Waals surface area contributed by atoms with Gasteiger partial charge in [0.05, 0.1) is 6.10 Å². The van der Waals surface area contributed by atoms with E-state index in [0.717, 1.165) is 43.1 Å². The van der Waals surface area contributed by atoms with Crippen molar-refractivity contribution in [2.45, 2.75) is 51.6 Å². The van der Waals surface area contributed by atoms with E-state index in [1.54, 1.807) is 0 Å². The quantitative estimate of drug-likeness (QED) is 0.904. The van der Waals surface area contributed by atoms with Gasteiger partial charge >= 0.3 is 0 Å². The van der Waals surface area contributed by atoms with Gasteiger partial charge in [-0.25, -0.2) is 0 Å². The zero-order valence-electron chi connectivity index (χ0n) is 12.9. The van der Waals surface area contributed by atoms with E-state index in [0.29, 0.717) is 5.92 Å². The second kappa shape index (κ2) is 5.26. The molecule has 6 heteroatoms. The van der Waals surface area contributed by atoms with Gasteiger partial charge in [-0.15, -0.1) is 15.3 Å². The molecule has 2 heterocycles. The van der Waals surface area contributed by atoms with Gasteiger partial charge in [-0.2, -0.15) is 4.52 Å². The maximum atomic E-state index is 9.57. The Kier molecular flexibility index (Phi) is 3.57. The van der Waals surface area contributed by atoms with Crippen molar-refractivity contribution in [1.82, 2.24) is 19.8 Å². The summed E-state index contributed by atoms with van der Waals surface area (Å²) in [5.74, 6) is 2.21. The van der Waals surface area contributed by atoms with Crippen molar-refractivity contribution < 1.29 is 5.11 Å². The van der Waals surface area contributed by atoms with Gasteiger partial charge < -0.3 is 10.4 Å². The molecule has 0 amide bonds. The Hall–Kier alpha value is -1.69. The summed E-state index contributed by atoms with van der Waals surface area (Å²) in [6.07, 6.45) is 2.75. The lowest BCUT2D eigenvalue weighted by atomic mass is 9.96. The summed E-state index contributed by atoms with van der Waals surface area (Å²) in [6, 6.07) is 3.86. The molecule has 114 valence electrons. The third-order valence-corrected chi connectivity index (χ3v) is 4.02. The third kappa shape index (κ3) is 3.00. The number of hydrogen-bond donors (Lipinski definition) is 2. The lowest BCUT2D eigenvalue weighted by Crippen LogP contribution is -2.18. The van der Waals surface area contributed by atoms with Crippen molar-refractivity contribution in [1.29, 1.82) is 0 Å². The highest BCUT2D eigenvalue weighted by atomic mass is 16.3. The molecule has 1 aliphatic carbocycles. The zero-order chi connectivity index (χ0) is 15.0. The summed E-state index contributed by atoms with van der Waals surface area (Å²) in [6.45, 7) is 7.16. The van der Waals surface area contributed by atoms with E-state index < -0.39 is 0 Å². The van der Waals surface area contributed by atoms with E-state index in [4.69, 9.17) is 0 Å². The molecule has 2 N–H and O–H groups in total. The number of rotatable bonds is 3. The molecule has 0 saturated heterocycles. The largest absolute Gasteiger partial charge is 0.393 e. The highest BCUT2D eigenvalue weighted by Gasteiger charge is 2.23. The number of aliphatic hydroxyl groups excluding tert-OH is 1. The van der Waals surface area contributed by atoms with Crippen LogP contribution in [-0.2, 0) is 5.41 Å². The average Bonchev–Trinajstić information content (AvgIpc) is 3.01. The Labute approximate surface area is 124 Å². The molecule has 3 rings (SSSR count). The lowest BCUT2D eigenvalue weighted by molar-refractivity contribution is 0.178. The van der Waals surface area contributed by atoms with Crippen LogP contribution >= 0.6 is 0 Å². The van der Waals surface area contributed by atoms with Crippen LogP contribution in [0.2, 0.25) is 0 Å². The Morgan fingerprint density at radius 1 is 1.29 bits per heavy atom. The maximum absolute atomic E-state index is 9.57. The van der Waals surface area contributed by atoms with Crippen molar-refractivity contribution in [3.63, 3.8) is 0 Å². The molecule has 2 aromatic rings. The molecule has 1 fully saturated rings. The van der Waals surface area contributed by atoms with Crippen LogP contribution in [0.15, 0.2) is 12.1 Å². The predicted molar refractivity (Wildman–Crippen MR) is 81.3 cm³/mol. The molecular weight excluding hydrogens is 266 g/mol. The number of aromatic nitrogens is 4. The highest BCUT2D eigenvalue weighted by molar-refractivity contribution is 5.44. The number of nitrogens with zero attached hydrogens (tertiary/aromatic N) is 4. The summed E-state index contributed by atoms with van der Waals surface area (Å²) < 4.78 is 1.81. The van der Waals surface area contributed by atoms with Crippen LogP contribution in [0.25, 0.3) is 5.65 Å². The van der Waals surface area contributed by atoms with Crippen molar-refractivity contribution in [3.05, 3.63) is 18.0 Å². The number of nitrogens with one attached hydrogen (secondary N) is 1. The van der Waals surface area contributed by atoms with Crippen molar-refractivity contribution in [2.24, 2.45) is 5.92 Å². The summed E-state index contributed by atoms with van der Waals surface area (Å²) in [5, 5.41) is 25.9. The summed E-state index contributed by atoms with van der Waals surface area (Å²) >= 11 is 0. The molecule has 6 nitrogen and oxygen atoms in total. The topological polar surface area (TPSA) is 75.3 Å². The minimum atomic E-state index is -0.127. The van der Waals surface area contributed by atoms with Crippen LogP contribution < -0.4 is 5.32 Å². The van der Waals surface area contributed by atoms with Gasteiger partial charge in [0.15, 0.2) is 11.5 Å². The second-order valence-electron chi connectivity index (χ2n) is 6.98. The van der Waals surface area contributed by atoms with Crippen LogP contribution in [0, 0.1) is 5.92 Å². The summed E-state index contributed by atoms with van der Waals surface area (Å²) in [4.78, 5) is 0. The molecule has 1 aliphatic rings. The Bertz CT molecular complexity index is 631. The van der Waals surface area contributed by atoms with E-state index in [9.17, 15) is 5.11 Å². The van der Waals surface area contributed by atoms with Gasteiger partial charge in [-0.1, -0.05) is 20.8 Å². The van der Waals surface area contributed by atoms with E-state index in [1.165, 1.54) is 0 Å². The first kappa shape index (κ1) is 14.3. The first-order chi connectivity index (χ1) is 9.93. The molecule has 1 saturated carbocycles. The third-order valence-electron chi connectivity index (χ3n) is 4.02. The first-order valence-electron chi connectivity index (χ1n) is 7.58. The smallest absolute Gasteiger partial charge is 0.178 e. The fourth-order valence-corrected chi connectivity index (χ4v) is 2.83. The highest BCUT2D eigenvalue weighted by Crippen LogP contribution is 2.25. The standard InChI is InChI=1S/C15H23N5O/c1-15(2,3)14-18-17-13-7-6-12(19-20(13)14)16-9-10-4-5-11(21)8-10/h6-7,10-11,21H,4-5,8-9H2,1-3H3,(H,16,19)/t10-,11-/m0/s1. The zero-order valence-corrected chi connectivity index (χ0v) is 12.9. The normalized spacial score (nSPS) is 22.9. The SMILES string of the molecule is CC(C)(C)c1nnc2ccc(NC[C@H]3CC[C@H](O)C3)nn12. The van der Waals surface area contributed by atoms with Gasteiger partial charge in [-0.3, -0.25) is 0 Å². The van der Waals surface area contributed by atoms with Crippen LogP contribution in [-0.4, -0.2) is 37.6 Å². The summed E-state index contributed by atoms with van der Waals surface area (Å²) in [7, 11) is 0. The Morgan fingerprint density at radius 2 is 2.10 bits per heavy atom. The number of anilines is 1. The maximum Gasteiger partial charge on any atom is 0.178 e. The molecule has 21 heavy (non-hydrogen) atoms. The average molecular weight is 289 g/mol. The second-order valence-corrected chi connectivity index (χ2v) is 6.98. The number of aliphatic hydroxyl groups is 1. The van der Waals surface area contributed by atoms with Gasteiger partial charge in [0.1, 0.15) is 5.82 Å². The van der Waals surface area contributed by atoms with E-state index in [1.807, 2.05) is 16.6 Å². The van der Waals surface area contributed by atoms with Crippen molar-refractivity contribution >= 4 is 11.5 Å². The molecular formula is C15H23N5O. The number of hydrogen-bond acceptors (Lipinski definition) is 5. The lowest BCUT2D eigenvalue weighted by Gasteiger charge is -2.16. The van der Waals surface area contributed by atoms with Gasteiger partial charge in [0, 0.05) is 12.0 Å². The van der Waals surface area contributed by atoms with Crippen LogP contribution in [0.1, 0.15) is 45.9 Å². The van der Waals surface area contributed by atoms with Gasteiger partial charge in [0.25, 0.3) is 0 Å². The first-order valence-corrected chi connectivity index (χ1v) is 7.58. The Morgan fingerprint density at radius 3 is 2.76 bits per heavy atom. The fourth-order valence-electron chi connectivity index (χ4n) is 2.83. The van der Waals surface area contributed by atoms with Crippen molar-refractivity contribution in [3.8, 4) is 0 Å². The van der Waals surface area contributed by atoms with Crippen LogP contribution in [0.3, 0.4) is 0 Å². The fraction of sp³-hybridized carbons (Fsp3) is 0.667. The molecule has 0 aliphatic heterocycles. The van der Waals surface area contributed by atoms with E-state index in [-0.39, 0.29) is 11.5 Å². The van der Waals surface area contributed by atoms with Gasteiger partial charge in [0.2, 0.25) is 0 Å². The minimum Gasteiger partial charge on any atom is -0.393 e. The minimum absolute atomic E-state index is 0.0966. The monoisotopic (exact) mass is 289 g/mol. The Balaban J connectivity index is 1.77. The molecule has 0 aromatic carbocycles. The van der Waals surface area contributed by atoms with E-state index >= 15 is 0 Å². The van der Waals surface area contributed by atoms with Crippen LogP contribution in [0.4, 0.5) is 5.82 Å². The molecule has 0 bridgehead atoms. The molecule has 0 spiro atoms. The van der Waals surface area contributed by atoms with Crippen LogP contribution in [0.5, 0.6) is 0 Å². The molecule has 2 atom stereocenters. The molecule has 0 unspecified atom stereocenters. The van der Waals surface area contributed by atoms with Gasteiger partial charge in [-0.05, 0) is 37.3 Å². The van der Waals surface area contributed by atoms with Crippen molar-refractivity contribution in [2.75, 3.05) is 11.9 Å². The van der Waals surface area contributed by atoms with E-state index in [2.05, 4.69) is 41.4 Å². The predicted octanol–water partition coefficient (Wildman–Crippen LogP) is 1.99. The number of fused-ring (bicyclic) bond motifs is 1. The molecule has 2 aromatic heterocycles. The molecule has 0 radical (unpaired) electrons. The summed E-state index contributed by atoms with van der Waals surface area (Å²) in [5.41, 5.74) is 0.669.